The molecule has 3 saturated carbocycles. The van der Waals surface area contributed by atoms with Gasteiger partial charge in [-0.15, -0.1) is 11.3 Å². The second-order valence-electron chi connectivity index (χ2n) is 27.0. The first-order valence-corrected chi connectivity index (χ1v) is 31.2. The molecule has 6 aliphatic rings. The van der Waals surface area contributed by atoms with Crippen LogP contribution in [0, 0.1) is 58.7 Å². The largest absolute Gasteiger partial charge is 0.310 e. The zero-order chi connectivity index (χ0) is 49.7. The Kier molecular flexibility index (Phi) is 12.9. The minimum absolute atomic E-state index is 0.0649. The van der Waals surface area contributed by atoms with Crippen molar-refractivity contribution in [3.05, 3.63) is 140 Å². The van der Waals surface area contributed by atoms with Gasteiger partial charge in [-0.25, -0.2) is 0 Å². The Bertz CT molecular complexity index is 2750. The van der Waals surface area contributed by atoms with Crippen molar-refractivity contribution in [2.75, 3.05) is 9.80 Å². The minimum Gasteiger partial charge on any atom is -0.310 e. The van der Waals surface area contributed by atoms with Crippen LogP contribution in [0.1, 0.15) is 149 Å². The van der Waals surface area contributed by atoms with Crippen molar-refractivity contribution < 1.29 is 0 Å². The number of aryl methyl sites for hydroxylation is 1. The van der Waals surface area contributed by atoms with E-state index in [-0.39, 0.29) is 16.2 Å². The average molecular weight is 956 g/mol. The normalized spacial score (nSPS) is 26.0. The molecule has 3 fully saturated rings. The van der Waals surface area contributed by atoms with Crippen molar-refractivity contribution in [3.63, 3.8) is 0 Å². The van der Waals surface area contributed by atoms with Gasteiger partial charge in [0.15, 0.2) is 0 Å². The molecule has 366 valence electrons. The summed E-state index contributed by atoms with van der Waals surface area (Å²) in [7, 11) is -1.67. The number of thiophene rings is 1. The third-order valence-corrected chi connectivity index (χ3v) is 21.0. The second kappa shape index (κ2) is 17.9. The van der Waals surface area contributed by atoms with Gasteiger partial charge in [0.05, 0.1) is 19.4 Å². The highest BCUT2D eigenvalue weighted by Crippen LogP contribution is 2.60. The van der Waals surface area contributed by atoms with Crippen molar-refractivity contribution in [2.45, 2.75) is 161 Å². The van der Waals surface area contributed by atoms with E-state index in [0.29, 0.717) is 35.0 Å². The van der Waals surface area contributed by atoms with Crippen molar-refractivity contribution in [2.24, 2.45) is 51.8 Å². The van der Waals surface area contributed by atoms with E-state index in [2.05, 4.69) is 229 Å². The number of allylic oxidation sites excluding steroid dienone is 8. The zero-order valence-electron chi connectivity index (χ0n) is 45.8. The van der Waals surface area contributed by atoms with Gasteiger partial charge in [-0.3, -0.25) is 0 Å². The van der Waals surface area contributed by atoms with Gasteiger partial charge in [0.2, 0.25) is 0 Å². The van der Waals surface area contributed by atoms with E-state index in [0.717, 1.165) is 18.8 Å². The standard InChI is InChI=1S/C65H86N2SSi/c1-41-34-50(66(49-24-22-48(23-25-49)63(8,9)10)58-29-27-56(64(11,12)13)42(2)43(58)3)36-51(35-41)67(59-28-26-52(69(15,16)17)37-54(59)46-18-20-47(21-19-46)62(5,6)7)60-40-68-61-39-53-44(4)45-30-32-65(14,33-31-45)57(53)38-55(60)61/h18-20,22-29,34-37,39-40,42,44-45,47,56-57H,21,30-33,38H2,1-17H3. The third kappa shape index (κ3) is 9.45. The van der Waals surface area contributed by atoms with Crippen LogP contribution in [0.25, 0.3) is 11.6 Å². The molecule has 0 N–H and O–H groups in total. The van der Waals surface area contributed by atoms with E-state index in [9.17, 15) is 0 Å². The van der Waals surface area contributed by atoms with Crippen LogP contribution >= 0.6 is 11.3 Å². The summed E-state index contributed by atoms with van der Waals surface area (Å²) in [5, 5.41) is 4.04. The van der Waals surface area contributed by atoms with Crippen LogP contribution in [0.5, 0.6) is 0 Å². The summed E-state index contributed by atoms with van der Waals surface area (Å²) in [6, 6.07) is 24.5. The summed E-state index contributed by atoms with van der Waals surface area (Å²) >= 11 is 1.98. The van der Waals surface area contributed by atoms with Crippen molar-refractivity contribution in [3.8, 4) is 0 Å². The molecule has 4 aromatic rings. The fourth-order valence-electron chi connectivity index (χ4n) is 13.1. The lowest BCUT2D eigenvalue weighted by Crippen LogP contribution is -2.38. The molecule has 4 heteroatoms. The van der Waals surface area contributed by atoms with Gasteiger partial charge in [-0.1, -0.05) is 162 Å². The second-order valence-corrected chi connectivity index (χ2v) is 32.9. The van der Waals surface area contributed by atoms with Gasteiger partial charge in [0.1, 0.15) is 0 Å². The average Bonchev–Trinajstić information content (AvgIpc) is 3.61. The molecule has 6 aliphatic carbocycles. The van der Waals surface area contributed by atoms with Gasteiger partial charge < -0.3 is 9.80 Å². The number of fused-ring (bicyclic) bond motifs is 3. The first-order valence-electron chi connectivity index (χ1n) is 26.8. The fourth-order valence-corrected chi connectivity index (χ4v) is 15.3. The van der Waals surface area contributed by atoms with E-state index < -0.39 is 8.07 Å². The van der Waals surface area contributed by atoms with E-state index in [1.165, 1.54) is 97.7 Å². The smallest absolute Gasteiger partial charge is 0.0776 e. The van der Waals surface area contributed by atoms with Crippen LogP contribution in [0.2, 0.25) is 19.6 Å². The highest BCUT2D eigenvalue weighted by molar-refractivity contribution is 7.11. The Morgan fingerprint density at radius 1 is 0.710 bits per heavy atom. The molecule has 0 amide bonds. The van der Waals surface area contributed by atoms with Crippen molar-refractivity contribution >= 4 is 64.7 Å². The SMILES string of the molecule is CC1=C(N(c2ccc(C(C)(C)C)cc2)c2cc(C)cc(N(c3ccc([Si](C)(C)C)cc3C3=CCC(C(C)(C)C)C=C3)c3csc4c3CC3C(=C4)C(C)C4CCC3(C)CC4)c2)C=CC(C(C)(C)C)C1C. The Morgan fingerprint density at radius 2 is 1.38 bits per heavy atom. The Balaban J connectivity index is 1.28. The van der Waals surface area contributed by atoms with E-state index in [1.54, 1.807) is 11.1 Å². The monoisotopic (exact) mass is 955 g/mol. The molecule has 0 radical (unpaired) electrons. The molecule has 0 aliphatic heterocycles. The molecule has 5 unspecified atom stereocenters. The zero-order valence-corrected chi connectivity index (χ0v) is 47.6. The van der Waals surface area contributed by atoms with Crippen LogP contribution in [0.3, 0.4) is 0 Å². The third-order valence-electron chi connectivity index (χ3n) is 18.0. The van der Waals surface area contributed by atoms with Gasteiger partial charge in [0.25, 0.3) is 0 Å². The van der Waals surface area contributed by atoms with Crippen LogP contribution in [0.15, 0.2) is 113 Å². The summed E-state index contributed by atoms with van der Waals surface area (Å²) in [6.45, 7) is 41.2. The van der Waals surface area contributed by atoms with Gasteiger partial charge in [0, 0.05) is 38.6 Å². The molecular formula is C65H86N2SSi. The Hall–Kier alpha value is -4.12. The van der Waals surface area contributed by atoms with E-state index >= 15 is 0 Å². The van der Waals surface area contributed by atoms with Crippen LogP contribution in [-0.4, -0.2) is 8.07 Å². The molecule has 1 heterocycles. The maximum atomic E-state index is 2.72. The molecule has 5 atom stereocenters. The summed E-state index contributed by atoms with van der Waals surface area (Å²) < 4.78 is 0. The van der Waals surface area contributed by atoms with Crippen LogP contribution < -0.4 is 15.0 Å². The Labute approximate surface area is 424 Å². The molecule has 2 nitrogen and oxygen atoms in total. The molecule has 3 aromatic carbocycles. The summed E-state index contributed by atoms with van der Waals surface area (Å²) in [6.07, 6.45) is 22.8. The quantitative estimate of drug-likeness (QED) is 0.162. The predicted octanol–water partition coefficient (Wildman–Crippen LogP) is 19.1. The van der Waals surface area contributed by atoms with Gasteiger partial charge in [-0.05, 0) is 186 Å². The molecule has 0 saturated heterocycles. The van der Waals surface area contributed by atoms with Gasteiger partial charge in [-0.2, -0.15) is 0 Å². The van der Waals surface area contributed by atoms with Crippen molar-refractivity contribution in [1.82, 2.24) is 0 Å². The number of hydrogen-bond donors (Lipinski definition) is 0. The van der Waals surface area contributed by atoms with E-state index in [4.69, 9.17) is 0 Å². The van der Waals surface area contributed by atoms with Gasteiger partial charge >= 0.3 is 0 Å². The minimum atomic E-state index is -1.67. The molecule has 10 rings (SSSR count). The maximum Gasteiger partial charge on any atom is 0.0776 e. The lowest BCUT2D eigenvalue weighted by molar-refractivity contribution is 0.137. The molecule has 0 spiro atoms. The topological polar surface area (TPSA) is 6.48 Å². The molecule has 1 aromatic heterocycles. The Morgan fingerprint density at radius 3 is 1.97 bits per heavy atom. The highest BCUT2D eigenvalue weighted by atomic mass is 32.1. The maximum absolute atomic E-state index is 2.72. The lowest BCUT2D eigenvalue weighted by Gasteiger charge is -2.41. The number of nitrogens with zero attached hydrogens (tertiary/aromatic N) is 2. The molecular weight excluding hydrogens is 869 g/mol. The summed E-state index contributed by atoms with van der Waals surface area (Å²) in [5.74, 6) is 3.45. The summed E-state index contributed by atoms with van der Waals surface area (Å²) in [5.41, 5.74) is 18.4. The first kappa shape index (κ1) is 49.8. The van der Waals surface area contributed by atoms with E-state index in [1.807, 2.05) is 11.3 Å². The first-order chi connectivity index (χ1) is 32.2. The fraction of sp³-hybridized carbons (Fsp3) is 0.508. The highest BCUT2D eigenvalue weighted by Gasteiger charge is 2.48. The number of hydrogen-bond acceptors (Lipinski definition) is 3. The summed E-state index contributed by atoms with van der Waals surface area (Å²) in [4.78, 5) is 6.78. The van der Waals surface area contributed by atoms with Crippen LogP contribution in [0.4, 0.5) is 28.4 Å². The number of rotatable bonds is 8. The number of benzene rings is 3. The molecule has 2 bridgehead atoms. The predicted molar refractivity (Wildman–Crippen MR) is 307 cm³/mol. The van der Waals surface area contributed by atoms with Crippen LogP contribution in [-0.2, 0) is 11.8 Å². The lowest BCUT2D eigenvalue weighted by atomic mass is 9.64. The number of anilines is 5. The van der Waals surface area contributed by atoms with Crippen molar-refractivity contribution in [1.29, 1.82) is 0 Å². The molecule has 69 heavy (non-hydrogen) atoms.